The number of carbonyl (C=O) groups excluding carboxylic acids is 1. The first kappa shape index (κ1) is 22.7. The maximum Gasteiger partial charge on any atom is 0.445 e. The largest absolute Gasteiger partial charge is 0.451 e. The van der Waals surface area contributed by atoms with E-state index in [1.54, 1.807) is 0 Å². The van der Waals surface area contributed by atoms with Crippen molar-refractivity contribution in [2.24, 2.45) is 5.10 Å². The molecular formula is C13H14ClFN6O6S2. The molecule has 16 heteroatoms. The van der Waals surface area contributed by atoms with E-state index in [0.717, 1.165) is 29.8 Å². The van der Waals surface area contributed by atoms with Crippen molar-refractivity contribution in [3.8, 4) is 0 Å². The number of hydrogen-bond acceptors (Lipinski definition) is 9. The van der Waals surface area contributed by atoms with Gasteiger partial charge in [0.2, 0.25) is 0 Å². The van der Waals surface area contributed by atoms with Crippen LogP contribution in [0.3, 0.4) is 0 Å². The van der Waals surface area contributed by atoms with Gasteiger partial charge in [-0.2, -0.15) is 26.2 Å². The monoisotopic (exact) mass is 468 g/mol. The molecule has 1 amide bonds. The van der Waals surface area contributed by atoms with Crippen molar-refractivity contribution in [3.63, 3.8) is 0 Å². The van der Waals surface area contributed by atoms with Crippen molar-refractivity contribution in [3.05, 3.63) is 40.9 Å². The molecule has 0 saturated carbocycles. The Bertz CT molecular complexity index is 1160. The number of carbonyl (C=O) groups is 1. The number of amides is 1. The molecule has 0 aliphatic heterocycles. The molecule has 0 bridgehead atoms. The SMILES string of the molecule is COC(=O)N(/N=C/c1ccc(F)cc1Cl)S(=O)(=O)c1ncn(S(=O)(=O)N(C)C)n1. The molecule has 1 aromatic carbocycles. The van der Waals surface area contributed by atoms with Gasteiger partial charge in [-0.05, 0) is 18.2 Å². The van der Waals surface area contributed by atoms with Gasteiger partial charge in [0.05, 0.1) is 18.3 Å². The van der Waals surface area contributed by atoms with Gasteiger partial charge >= 0.3 is 26.3 Å². The number of methoxy groups -OCH3 is 1. The highest BCUT2D eigenvalue weighted by Gasteiger charge is 2.35. The predicted octanol–water partition coefficient (Wildman–Crippen LogP) is 0.516. The van der Waals surface area contributed by atoms with Gasteiger partial charge in [-0.1, -0.05) is 16.0 Å². The van der Waals surface area contributed by atoms with E-state index in [1.807, 2.05) is 0 Å². The van der Waals surface area contributed by atoms with E-state index >= 15 is 0 Å². The molecule has 2 aromatic rings. The lowest BCUT2D eigenvalue weighted by Crippen LogP contribution is -2.34. The number of nitrogens with zero attached hydrogens (tertiary/aromatic N) is 6. The Kier molecular flexibility index (Phi) is 6.56. The van der Waals surface area contributed by atoms with Crippen LogP contribution in [0, 0.1) is 5.82 Å². The molecule has 0 aliphatic carbocycles. The van der Waals surface area contributed by atoms with Crippen molar-refractivity contribution in [1.82, 2.24) is 22.9 Å². The normalized spacial score (nSPS) is 12.5. The Labute approximate surface area is 170 Å². The molecule has 0 aliphatic rings. The first-order valence-corrected chi connectivity index (χ1v) is 10.6. The summed E-state index contributed by atoms with van der Waals surface area (Å²) in [5, 5.41) is 5.75. The van der Waals surface area contributed by atoms with Crippen LogP contribution >= 0.6 is 11.6 Å². The Hall–Kier alpha value is -2.62. The van der Waals surface area contributed by atoms with Crippen LogP contribution < -0.4 is 0 Å². The van der Waals surface area contributed by atoms with Gasteiger partial charge in [0, 0.05) is 19.7 Å². The summed E-state index contributed by atoms with van der Waals surface area (Å²) in [5.41, 5.74) is 0.0887. The highest BCUT2D eigenvalue weighted by atomic mass is 35.5. The van der Waals surface area contributed by atoms with E-state index in [0.29, 0.717) is 10.4 Å². The molecule has 2 rings (SSSR count). The summed E-state index contributed by atoms with van der Waals surface area (Å²) in [6.45, 7) is 0. The summed E-state index contributed by atoms with van der Waals surface area (Å²) in [6.07, 6.45) is 0.0634. The van der Waals surface area contributed by atoms with Crippen LogP contribution in [0.1, 0.15) is 5.56 Å². The van der Waals surface area contributed by atoms with Crippen LogP contribution in [-0.2, 0) is 25.0 Å². The fraction of sp³-hybridized carbons (Fsp3) is 0.231. The second-order valence-corrected chi connectivity index (χ2v) is 9.39. The summed E-state index contributed by atoms with van der Waals surface area (Å²) < 4.78 is 67.9. The van der Waals surface area contributed by atoms with E-state index < -0.39 is 37.3 Å². The second-order valence-electron chi connectivity index (χ2n) is 5.32. The second kappa shape index (κ2) is 8.40. The van der Waals surface area contributed by atoms with Crippen molar-refractivity contribution in [2.45, 2.75) is 5.16 Å². The Morgan fingerprint density at radius 3 is 2.52 bits per heavy atom. The molecule has 0 N–H and O–H groups in total. The molecule has 0 spiro atoms. The van der Waals surface area contributed by atoms with Gasteiger partial charge in [0.15, 0.2) is 0 Å². The topological polar surface area (TPSA) is 144 Å². The first-order chi connectivity index (χ1) is 13.4. The van der Waals surface area contributed by atoms with Crippen LogP contribution in [0.2, 0.25) is 5.02 Å². The molecule has 0 atom stereocenters. The molecule has 0 fully saturated rings. The van der Waals surface area contributed by atoms with Crippen molar-refractivity contribution in [1.29, 1.82) is 0 Å². The smallest absolute Gasteiger partial charge is 0.445 e. The number of sulfonamides is 1. The third kappa shape index (κ3) is 4.69. The molecule has 0 saturated heterocycles. The van der Waals surface area contributed by atoms with Gasteiger partial charge in [-0.25, -0.2) is 14.2 Å². The summed E-state index contributed by atoms with van der Waals surface area (Å²) >= 11 is 5.83. The lowest BCUT2D eigenvalue weighted by atomic mass is 10.2. The third-order valence-corrected chi connectivity index (χ3v) is 6.45. The fourth-order valence-electron chi connectivity index (χ4n) is 1.72. The highest BCUT2D eigenvalue weighted by molar-refractivity contribution is 7.89. The van der Waals surface area contributed by atoms with Crippen molar-refractivity contribution in [2.75, 3.05) is 21.2 Å². The minimum absolute atomic E-state index is 0.0887. The highest BCUT2D eigenvalue weighted by Crippen LogP contribution is 2.18. The number of hydrogen-bond donors (Lipinski definition) is 0. The van der Waals surface area contributed by atoms with Crippen LogP contribution in [0.5, 0.6) is 0 Å². The number of halogens is 2. The number of rotatable bonds is 6. The van der Waals surface area contributed by atoms with E-state index in [2.05, 4.69) is 19.9 Å². The zero-order valence-corrected chi connectivity index (χ0v) is 17.5. The predicted molar refractivity (Wildman–Crippen MR) is 98.5 cm³/mol. The standard InChI is InChI=1S/C13H14ClFN6O6S2/c1-19(2)29(25,26)20-8-16-12(18-20)28(23,24)21(13(22)27-3)17-7-9-4-5-10(15)6-11(9)14/h4-8H,1-3H3/b17-7+. The third-order valence-electron chi connectivity index (χ3n) is 3.20. The number of ether oxygens (including phenoxy) is 1. The Morgan fingerprint density at radius 2 is 1.97 bits per heavy atom. The van der Waals surface area contributed by atoms with Crippen LogP contribution in [0.4, 0.5) is 9.18 Å². The van der Waals surface area contributed by atoms with Gasteiger partial charge < -0.3 is 4.74 Å². The lowest BCUT2D eigenvalue weighted by molar-refractivity contribution is 0.150. The van der Waals surface area contributed by atoms with E-state index in [1.165, 1.54) is 20.2 Å². The zero-order chi connectivity index (χ0) is 22.0. The molecule has 29 heavy (non-hydrogen) atoms. The average molecular weight is 469 g/mol. The van der Waals surface area contributed by atoms with Crippen LogP contribution in [0.15, 0.2) is 34.8 Å². The van der Waals surface area contributed by atoms with E-state index in [9.17, 15) is 26.0 Å². The molecule has 1 heterocycles. The van der Waals surface area contributed by atoms with Gasteiger partial charge in [-0.15, -0.1) is 9.19 Å². The molecule has 0 radical (unpaired) electrons. The Morgan fingerprint density at radius 1 is 1.31 bits per heavy atom. The zero-order valence-electron chi connectivity index (χ0n) is 15.1. The molecular weight excluding hydrogens is 455 g/mol. The van der Waals surface area contributed by atoms with Crippen LogP contribution in [0.25, 0.3) is 0 Å². The molecule has 12 nitrogen and oxygen atoms in total. The maximum absolute atomic E-state index is 13.1. The first-order valence-electron chi connectivity index (χ1n) is 7.38. The van der Waals surface area contributed by atoms with Crippen LogP contribution in [-0.4, -0.2) is 73.2 Å². The summed E-state index contributed by atoms with van der Waals surface area (Å²) in [6, 6.07) is 3.19. The lowest BCUT2D eigenvalue weighted by Gasteiger charge is -2.13. The number of aromatic nitrogens is 3. The number of hydrazone groups is 1. The van der Waals surface area contributed by atoms with E-state index in [-0.39, 0.29) is 15.0 Å². The summed E-state index contributed by atoms with van der Waals surface area (Å²) in [5.74, 6) is -0.638. The van der Waals surface area contributed by atoms with Crippen molar-refractivity contribution < 1.29 is 30.8 Å². The fourth-order valence-corrected chi connectivity index (χ4v) is 3.63. The van der Waals surface area contributed by atoms with E-state index in [4.69, 9.17) is 11.6 Å². The summed E-state index contributed by atoms with van der Waals surface area (Å²) in [4.78, 5) is 15.4. The molecule has 0 unspecified atom stereocenters. The Balaban J connectivity index is 2.48. The minimum Gasteiger partial charge on any atom is -0.451 e. The molecule has 1 aromatic heterocycles. The summed E-state index contributed by atoms with van der Waals surface area (Å²) in [7, 11) is -5.71. The van der Waals surface area contributed by atoms with Gasteiger partial charge in [0.1, 0.15) is 12.1 Å². The van der Waals surface area contributed by atoms with Crippen molar-refractivity contribution >= 4 is 44.1 Å². The quantitative estimate of drug-likeness (QED) is 0.440. The molecule has 158 valence electrons. The average Bonchev–Trinajstić information content (AvgIpc) is 3.14. The minimum atomic E-state index is -4.85. The van der Waals surface area contributed by atoms with Gasteiger partial charge in [0.25, 0.3) is 5.16 Å². The maximum atomic E-state index is 13.1. The number of benzene rings is 1. The van der Waals surface area contributed by atoms with Gasteiger partial charge in [-0.3, -0.25) is 0 Å².